The highest BCUT2D eigenvalue weighted by Crippen LogP contribution is 2.31. The van der Waals surface area contributed by atoms with Crippen molar-refractivity contribution in [2.24, 2.45) is 0 Å². The molecule has 0 unspecified atom stereocenters. The van der Waals surface area contributed by atoms with Crippen molar-refractivity contribution in [1.29, 1.82) is 0 Å². The highest BCUT2D eigenvalue weighted by Gasteiger charge is 2.44. The predicted octanol–water partition coefficient (Wildman–Crippen LogP) is 1.51. The van der Waals surface area contributed by atoms with Gasteiger partial charge in [0.15, 0.2) is 5.82 Å². The molecule has 0 spiro atoms. The zero-order chi connectivity index (χ0) is 22.5. The van der Waals surface area contributed by atoms with E-state index in [0.29, 0.717) is 4.90 Å². The Bertz CT molecular complexity index is 795. The summed E-state index contributed by atoms with van der Waals surface area (Å²) in [7, 11) is 1.37. The van der Waals surface area contributed by atoms with Gasteiger partial charge in [-0.05, 0) is 25.8 Å². The summed E-state index contributed by atoms with van der Waals surface area (Å²) in [5.74, 6) is -3.15. The second kappa shape index (κ2) is 9.63. The zero-order valence-corrected chi connectivity index (χ0v) is 16.6. The van der Waals surface area contributed by atoms with Gasteiger partial charge in [-0.25, -0.2) is 0 Å². The average Bonchev–Trinajstić information content (AvgIpc) is 2.69. The van der Waals surface area contributed by atoms with Gasteiger partial charge in [0.1, 0.15) is 6.42 Å². The molecule has 12 heteroatoms. The van der Waals surface area contributed by atoms with Crippen LogP contribution in [0.25, 0.3) is 0 Å². The molecule has 166 valence electrons. The Hall–Kier alpha value is -3.05. The van der Waals surface area contributed by atoms with E-state index in [-0.39, 0.29) is 49.9 Å². The number of piperidine rings is 1. The van der Waals surface area contributed by atoms with Gasteiger partial charge in [0, 0.05) is 25.2 Å². The normalized spacial score (nSPS) is 14.9. The number of halogens is 3. The number of esters is 1. The Labute approximate surface area is 170 Å². The summed E-state index contributed by atoms with van der Waals surface area (Å²) < 4.78 is 47.9. The number of nitrogens with two attached hydrogens (primary N) is 1. The first-order valence-corrected chi connectivity index (χ1v) is 9.22. The van der Waals surface area contributed by atoms with Crippen LogP contribution in [0, 0.1) is 0 Å². The first-order chi connectivity index (χ1) is 14.1. The van der Waals surface area contributed by atoms with Crippen molar-refractivity contribution in [3.8, 4) is 5.88 Å². The van der Waals surface area contributed by atoms with Crippen molar-refractivity contribution < 1.29 is 37.0 Å². The Morgan fingerprint density at radius 3 is 2.43 bits per heavy atom. The van der Waals surface area contributed by atoms with Crippen LogP contribution in [-0.4, -0.2) is 66.7 Å². The molecule has 30 heavy (non-hydrogen) atoms. The van der Waals surface area contributed by atoms with E-state index in [1.165, 1.54) is 24.1 Å². The van der Waals surface area contributed by atoms with E-state index in [4.69, 9.17) is 15.2 Å². The van der Waals surface area contributed by atoms with Crippen molar-refractivity contribution >= 4 is 29.3 Å². The predicted molar refractivity (Wildman–Crippen MR) is 99.6 cm³/mol. The Morgan fingerprint density at radius 2 is 1.90 bits per heavy atom. The quantitative estimate of drug-likeness (QED) is 0.535. The first-order valence-electron chi connectivity index (χ1n) is 9.22. The van der Waals surface area contributed by atoms with Crippen LogP contribution in [0.5, 0.6) is 5.88 Å². The summed E-state index contributed by atoms with van der Waals surface area (Å²) in [5, 5.41) is 0. The summed E-state index contributed by atoms with van der Waals surface area (Å²) in [6.45, 7) is 1.25. The molecular weight excluding hydrogens is 409 g/mol. The number of carbonyl (C=O) groups excluding carboxylic acids is 3. The molecule has 1 aromatic rings. The third kappa shape index (κ3) is 5.51. The number of anilines is 2. The topological polar surface area (TPSA) is 115 Å². The molecule has 0 aromatic carbocycles. The third-order valence-electron chi connectivity index (χ3n) is 4.55. The number of pyridine rings is 1. The molecule has 2 heterocycles. The lowest BCUT2D eigenvalue weighted by atomic mass is 10.0. The maximum atomic E-state index is 12.9. The zero-order valence-electron chi connectivity index (χ0n) is 16.6. The molecule has 0 atom stereocenters. The molecule has 1 fully saturated rings. The van der Waals surface area contributed by atoms with Gasteiger partial charge in [0.25, 0.3) is 0 Å². The van der Waals surface area contributed by atoms with Crippen LogP contribution in [0.3, 0.4) is 0 Å². The number of carbonyl (C=O) groups is 3. The SMILES string of the molecule is CCOC(=O)CC(=O)N(c1nc(OC)ccc1N)C1CCN(C(=O)C(F)(F)F)CC1. The van der Waals surface area contributed by atoms with Crippen molar-refractivity contribution in [3.63, 3.8) is 0 Å². The van der Waals surface area contributed by atoms with E-state index in [2.05, 4.69) is 4.98 Å². The minimum absolute atomic E-state index is 0.0317. The van der Waals surface area contributed by atoms with Crippen molar-refractivity contribution in [1.82, 2.24) is 9.88 Å². The first kappa shape index (κ1) is 23.2. The van der Waals surface area contributed by atoms with Crippen molar-refractivity contribution in [2.75, 3.05) is 37.4 Å². The van der Waals surface area contributed by atoms with Gasteiger partial charge < -0.3 is 20.1 Å². The monoisotopic (exact) mass is 432 g/mol. The van der Waals surface area contributed by atoms with Gasteiger partial charge in [-0.15, -0.1) is 0 Å². The Kier molecular flexibility index (Phi) is 7.46. The highest BCUT2D eigenvalue weighted by atomic mass is 19.4. The summed E-state index contributed by atoms with van der Waals surface area (Å²) >= 11 is 0. The number of aromatic nitrogens is 1. The van der Waals surface area contributed by atoms with Gasteiger partial charge in [-0.1, -0.05) is 0 Å². The highest BCUT2D eigenvalue weighted by molar-refractivity contribution is 6.04. The standard InChI is InChI=1S/C18H23F3N4O5/c1-3-30-15(27)10-14(26)25(16-12(22)4-5-13(23-16)29-2)11-6-8-24(9-7-11)17(28)18(19,20)21/h4-5,11H,3,6-10,22H2,1-2H3. The molecule has 1 aromatic heterocycles. The van der Waals surface area contributed by atoms with Crippen LogP contribution in [0.15, 0.2) is 12.1 Å². The fourth-order valence-electron chi connectivity index (χ4n) is 3.17. The number of methoxy groups -OCH3 is 1. The van der Waals surface area contributed by atoms with E-state index < -0.39 is 36.4 Å². The number of amides is 2. The number of likely N-dealkylation sites (tertiary alicyclic amines) is 1. The lowest BCUT2D eigenvalue weighted by Crippen LogP contribution is -2.52. The minimum Gasteiger partial charge on any atom is -0.481 e. The van der Waals surface area contributed by atoms with Crippen LogP contribution in [0.1, 0.15) is 26.2 Å². The molecule has 9 nitrogen and oxygen atoms in total. The maximum absolute atomic E-state index is 12.9. The molecule has 1 aliphatic rings. The van der Waals surface area contributed by atoms with E-state index >= 15 is 0 Å². The number of alkyl halides is 3. The number of ether oxygens (including phenoxy) is 2. The Balaban J connectivity index is 2.28. The molecule has 0 saturated carbocycles. The van der Waals surface area contributed by atoms with Gasteiger partial charge in [0.05, 0.1) is 19.4 Å². The molecule has 1 aliphatic heterocycles. The summed E-state index contributed by atoms with van der Waals surface area (Å²) in [5.41, 5.74) is 6.10. The molecule has 1 saturated heterocycles. The lowest BCUT2D eigenvalue weighted by molar-refractivity contribution is -0.186. The molecule has 2 N–H and O–H groups in total. The van der Waals surface area contributed by atoms with Crippen LogP contribution < -0.4 is 15.4 Å². The van der Waals surface area contributed by atoms with Gasteiger partial charge >= 0.3 is 18.1 Å². The van der Waals surface area contributed by atoms with Gasteiger partial charge in [-0.2, -0.15) is 18.2 Å². The number of hydrogen-bond acceptors (Lipinski definition) is 7. The summed E-state index contributed by atoms with van der Waals surface area (Å²) in [6.07, 6.45) is -5.46. The minimum atomic E-state index is -4.97. The summed E-state index contributed by atoms with van der Waals surface area (Å²) in [4.78, 5) is 42.2. The van der Waals surface area contributed by atoms with Gasteiger partial charge in [-0.3, -0.25) is 19.3 Å². The Morgan fingerprint density at radius 1 is 1.27 bits per heavy atom. The van der Waals surface area contributed by atoms with Crippen molar-refractivity contribution in [3.05, 3.63) is 12.1 Å². The lowest BCUT2D eigenvalue weighted by Gasteiger charge is -2.38. The fraction of sp³-hybridized carbons (Fsp3) is 0.556. The second-order valence-corrected chi connectivity index (χ2v) is 6.53. The molecule has 0 bridgehead atoms. The number of hydrogen-bond donors (Lipinski definition) is 1. The molecule has 2 amide bonds. The summed E-state index contributed by atoms with van der Waals surface area (Å²) in [6, 6.07) is 2.33. The largest absolute Gasteiger partial charge is 0.481 e. The van der Waals surface area contributed by atoms with Crippen LogP contribution in [0.4, 0.5) is 24.7 Å². The van der Waals surface area contributed by atoms with Crippen molar-refractivity contribution in [2.45, 2.75) is 38.4 Å². The van der Waals surface area contributed by atoms with E-state index in [1.807, 2.05) is 0 Å². The van der Waals surface area contributed by atoms with Crippen LogP contribution >= 0.6 is 0 Å². The van der Waals surface area contributed by atoms with E-state index in [9.17, 15) is 27.6 Å². The molecule has 0 radical (unpaired) electrons. The number of rotatable bonds is 6. The van der Waals surface area contributed by atoms with Gasteiger partial charge in [0.2, 0.25) is 11.8 Å². The van der Waals surface area contributed by atoms with E-state index in [1.54, 1.807) is 6.92 Å². The number of nitrogens with zero attached hydrogens (tertiary/aromatic N) is 3. The number of nitrogen functional groups attached to an aromatic ring is 1. The van der Waals surface area contributed by atoms with E-state index in [0.717, 1.165) is 0 Å². The van der Waals surface area contributed by atoms with Crippen LogP contribution in [0.2, 0.25) is 0 Å². The molecule has 0 aliphatic carbocycles. The smallest absolute Gasteiger partial charge is 0.471 e. The third-order valence-corrected chi connectivity index (χ3v) is 4.55. The molecule has 2 rings (SSSR count). The molecular formula is C18H23F3N4O5. The van der Waals surface area contributed by atoms with Crippen LogP contribution in [-0.2, 0) is 19.1 Å². The average molecular weight is 432 g/mol. The maximum Gasteiger partial charge on any atom is 0.471 e. The fourth-order valence-corrected chi connectivity index (χ4v) is 3.17. The second-order valence-electron chi connectivity index (χ2n) is 6.53.